The lowest BCUT2D eigenvalue weighted by molar-refractivity contribution is -0.363. The predicted octanol–water partition coefficient (Wildman–Crippen LogP) is -0.0294. The summed E-state index contributed by atoms with van der Waals surface area (Å²) >= 11 is 0. The van der Waals surface area contributed by atoms with Gasteiger partial charge in [-0.3, -0.25) is 19.2 Å². The molecule has 5 atom stereocenters. The fraction of sp³-hybridized carbons (Fsp3) is 0.714. The van der Waals surface area contributed by atoms with Crippen molar-refractivity contribution in [1.29, 1.82) is 0 Å². The van der Waals surface area contributed by atoms with Crippen LogP contribution in [0.3, 0.4) is 0 Å². The fourth-order valence-corrected chi connectivity index (χ4v) is 2.26. The molecule has 0 amide bonds. The Morgan fingerprint density at radius 1 is 0.800 bits per heavy atom. The highest BCUT2D eigenvalue weighted by Crippen LogP contribution is 2.29. The number of rotatable bonds is 6. The van der Waals surface area contributed by atoms with E-state index in [4.69, 9.17) is 23.7 Å². The van der Waals surface area contributed by atoms with Crippen LogP contribution in [0.5, 0.6) is 0 Å². The van der Waals surface area contributed by atoms with Crippen molar-refractivity contribution >= 4 is 23.9 Å². The summed E-state index contributed by atoms with van der Waals surface area (Å²) in [7, 11) is 0. The summed E-state index contributed by atoms with van der Waals surface area (Å²) in [6.07, 6.45) is -7.36. The number of hydrogen-bond donors (Lipinski definition) is 0. The smallest absolute Gasteiger partial charge is 0.303 e. The quantitative estimate of drug-likeness (QED) is 0.467. The van der Waals surface area contributed by atoms with Crippen LogP contribution in [0, 0.1) is 0 Å². The highest BCUT2D eigenvalue weighted by molar-refractivity contribution is 5.68. The van der Waals surface area contributed by atoms with Crippen molar-refractivity contribution in [2.24, 2.45) is 0 Å². The van der Waals surface area contributed by atoms with Crippen LogP contribution in [-0.2, 0) is 47.8 Å². The molecule has 0 aromatic carbocycles. The predicted molar refractivity (Wildman–Crippen MR) is 74.1 cm³/mol. The number of esters is 4. The first kappa shape index (κ1) is 20.8. The number of hydrogen-bond acceptors (Lipinski definition) is 10. The zero-order valence-corrected chi connectivity index (χ0v) is 14.1. The Bertz CT molecular complexity index is 522. The number of carbonyl (C=O) groups is 4. The third-order valence-corrected chi connectivity index (χ3v) is 3.04. The molecule has 1 aliphatic rings. The van der Waals surface area contributed by atoms with E-state index in [0.717, 1.165) is 27.7 Å². The molecule has 11 heteroatoms. The van der Waals surface area contributed by atoms with Gasteiger partial charge in [-0.1, -0.05) is 0 Å². The lowest BCUT2D eigenvalue weighted by Gasteiger charge is -2.42. The van der Waals surface area contributed by atoms with E-state index in [-0.39, 0.29) is 0 Å². The van der Waals surface area contributed by atoms with E-state index < -0.39 is 61.2 Å². The fourth-order valence-electron chi connectivity index (χ4n) is 2.26. The molecular formula is C14H19FO10. The summed E-state index contributed by atoms with van der Waals surface area (Å²) in [6.45, 7) is 3.84. The average Bonchev–Trinajstić information content (AvgIpc) is 2.48. The summed E-state index contributed by atoms with van der Waals surface area (Å²) in [5, 5.41) is 0. The van der Waals surface area contributed by atoms with E-state index in [1.165, 1.54) is 0 Å². The number of halogens is 1. The summed E-state index contributed by atoms with van der Waals surface area (Å²) in [6, 6.07) is 0. The van der Waals surface area contributed by atoms with Gasteiger partial charge in [-0.05, 0) is 4.53 Å². The van der Waals surface area contributed by atoms with Crippen LogP contribution in [0.25, 0.3) is 0 Å². The molecule has 0 aromatic rings. The molecule has 1 aliphatic heterocycles. The van der Waals surface area contributed by atoms with Gasteiger partial charge in [-0.25, -0.2) is 0 Å². The van der Waals surface area contributed by atoms with Gasteiger partial charge in [-0.15, -0.1) is 0 Å². The normalized spacial score (nSPS) is 28.6. The molecular weight excluding hydrogens is 347 g/mol. The monoisotopic (exact) mass is 366 g/mol. The molecule has 1 saturated heterocycles. The molecule has 0 aliphatic carbocycles. The minimum atomic E-state index is -1.79. The van der Waals surface area contributed by atoms with Gasteiger partial charge in [0.15, 0.2) is 18.3 Å². The van der Waals surface area contributed by atoms with Crippen molar-refractivity contribution in [3.8, 4) is 0 Å². The Morgan fingerprint density at radius 3 is 1.72 bits per heavy atom. The van der Waals surface area contributed by atoms with Crippen molar-refractivity contribution < 1.29 is 52.3 Å². The molecule has 0 saturated carbocycles. The maximum Gasteiger partial charge on any atom is 0.303 e. The first-order valence-electron chi connectivity index (χ1n) is 7.23. The van der Waals surface area contributed by atoms with E-state index in [1.54, 1.807) is 0 Å². The maximum absolute atomic E-state index is 12.9. The van der Waals surface area contributed by atoms with Gasteiger partial charge < -0.3 is 23.7 Å². The number of ether oxygens (including phenoxy) is 5. The molecule has 0 N–H and O–H groups in total. The molecule has 1 unspecified atom stereocenters. The van der Waals surface area contributed by atoms with E-state index in [1.807, 2.05) is 0 Å². The first-order valence-corrected chi connectivity index (χ1v) is 7.23. The Kier molecular flexibility index (Phi) is 7.71. The second-order valence-electron chi connectivity index (χ2n) is 5.16. The van der Waals surface area contributed by atoms with Crippen LogP contribution in [0.1, 0.15) is 27.7 Å². The zero-order chi connectivity index (χ0) is 19.1. The van der Waals surface area contributed by atoms with Gasteiger partial charge in [0.25, 0.3) is 0 Å². The summed E-state index contributed by atoms with van der Waals surface area (Å²) in [4.78, 5) is 48.6. The van der Waals surface area contributed by atoms with Gasteiger partial charge >= 0.3 is 23.9 Å². The standard InChI is InChI=1S/C14H19FO10/c1-6(16)20-5-10-11(21-7(2)17)12(22-8(3)18)13(23-9(4)19)14(24-10)25-15/h10-14H,5H2,1-4H3/t10-,11-,12+,13-,14?/m1/s1. The van der Waals surface area contributed by atoms with E-state index >= 15 is 0 Å². The van der Waals surface area contributed by atoms with Crippen molar-refractivity contribution in [1.82, 2.24) is 0 Å². The Morgan fingerprint density at radius 2 is 1.28 bits per heavy atom. The topological polar surface area (TPSA) is 124 Å². The maximum atomic E-state index is 12.9. The first-order chi connectivity index (χ1) is 11.6. The molecule has 0 bridgehead atoms. The molecule has 1 fully saturated rings. The zero-order valence-electron chi connectivity index (χ0n) is 14.1. The molecule has 25 heavy (non-hydrogen) atoms. The lowest BCUT2D eigenvalue weighted by Crippen LogP contribution is -2.62. The van der Waals surface area contributed by atoms with Crippen molar-refractivity contribution in [3.05, 3.63) is 0 Å². The average molecular weight is 366 g/mol. The molecule has 0 radical (unpaired) electrons. The van der Waals surface area contributed by atoms with Crippen molar-refractivity contribution in [2.45, 2.75) is 58.4 Å². The molecule has 0 spiro atoms. The highest BCUT2D eigenvalue weighted by Gasteiger charge is 2.53. The SMILES string of the molecule is CC(=O)OC[C@H]1OC(OF)[C@H](OC(C)=O)[C@@H](OC(C)=O)[C@@H]1OC(C)=O. The van der Waals surface area contributed by atoms with Crippen LogP contribution in [0.2, 0.25) is 0 Å². The summed E-state index contributed by atoms with van der Waals surface area (Å²) < 4.78 is 37.8. The van der Waals surface area contributed by atoms with Gasteiger partial charge in [0.2, 0.25) is 6.29 Å². The Balaban J connectivity index is 3.18. The van der Waals surface area contributed by atoms with Crippen LogP contribution < -0.4 is 0 Å². The molecule has 142 valence electrons. The second-order valence-corrected chi connectivity index (χ2v) is 5.16. The number of carbonyl (C=O) groups excluding carboxylic acids is 4. The van der Waals surface area contributed by atoms with E-state index in [2.05, 4.69) is 4.94 Å². The molecule has 1 heterocycles. The highest BCUT2D eigenvalue weighted by atomic mass is 19.3. The van der Waals surface area contributed by atoms with E-state index in [9.17, 15) is 23.7 Å². The minimum Gasteiger partial charge on any atom is -0.463 e. The van der Waals surface area contributed by atoms with Gasteiger partial charge in [0.05, 0.1) is 0 Å². The van der Waals surface area contributed by atoms with Gasteiger partial charge in [0, 0.05) is 27.7 Å². The molecule has 0 aromatic heterocycles. The molecule has 10 nitrogen and oxygen atoms in total. The van der Waals surface area contributed by atoms with Crippen LogP contribution in [0.4, 0.5) is 4.53 Å². The molecule has 1 rings (SSSR count). The summed E-state index contributed by atoms with van der Waals surface area (Å²) in [5.41, 5.74) is 0. The third kappa shape index (κ3) is 6.27. The van der Waals surface area contributed by atoms with Crippen molar-refractivity contribution in [2.75, 3.05) is 6.61 Å². The summed E-state index contributed by atoms with van der Waals surface area (Å²) in [5.74, 6) is -3.10. The van der Waals surface area contributed by atoms with Crippen LogP contribution in [0.15, 0.2) is 0 Å². The van der Waals surface area contributed by atoms with Gasteiger partial charge in [-0.2, -0.15) is 4.94 Å². The van der Waals surface area contributed by atoms with E-state index in [0.29, 0.717) is 0 Å². The van der Waals surface area contributed by atoms with Crippen LogP contribution in [-0.4, -0.2) is 61.2 Å². The largest absolute Gasteiger partial charge is 0.463 e. The Labute approximate surface area is 142 Å². The van der Waals surface area contributed by atoms with Gasteiger partial charge in [0.1, 0.15) is 12.7 Å². The third-order valence-electron chi connectivity index (χ3n) is 3.04. The lowest BCUT2D eigenvalue weighted by atomic mass is 9.98. The Hall–Kier alpha value is -2.27. The second kappa shape index (κ2) is 9.28. The van der Waals surface area contributed by atoms with Crippen molar-refractivity contribution in [3.63, 3.8) is 0 Å². The minimum absolute atomic E-state index is 0.447. The van der Waals surface area contributed by atoms with Crippen LogP contribution >= 0.6 is 0 Å².